The molecule has 3 aromatic carbocycles. The van der Waals surface area contributed by atoms with Gasteiger partial charge < -0.3 is 15.1 Å². The number of carbonyl (C=O) groups excluding carboxylic acids is 2. The second-order valence-corrected chi connectivity index (χ2v) is 13.6. The maximum absolute atomic E-state index is 14.3. The van der Waals surface area contributed by atoms with Crippen LogP contribution in [-0.4, -0.2) is 84.6 Å². The van der Waals surface area contributed by atoms with Gasteiger partial charge in [0.1, 0.15) is 6.04 Å². The van der Waals surface area contributed by atoms with Crippen molar-refractivity contribution in [1.29, 1.82) is 0 Å². The number of amides is 2. The normalized spacial score (nSPS) is 18.2. The minimum atomic E-state index is -4.09. The highest BCUT2D eigenvalue weighted by molar-refractivity contribution is 7.89. The monoisotopic (exact) mass is 625 g/mol. The van der Waals surface area contributed by atoms with Crippen LogP contribution in [0.1, 0.15) is 42.9 Å². The summed E-state index contributed by atoms with van der Waals surface area (Å²) in [4.78, 5) is 36.1. The summed E-state index contributed by atoms with van der Waals surface area (Å²) < 4.78 is 29.7. The highest BCUT2D eigenvalue weighted by Gasteiger charge is 2.42. The first kappa shape index (κ1) is 30.9. The van der Waals surface area contributed by atoms with Gasteiger partial charge in [-0.25, -0.2) is 8.42 Å². The van der Waals surface area contributed by atoms with Gasteiger partial charge in [-0.3, -0.25) is 14.6 Å². The largest absolute Gasteiger partial charge is 0.344 e. The molecular formula is C35H39N5O4S. The molecule has 4 aromatic rings. The summed E-state index contributed by atoms with van der Waals surface area (Å²) in [5, 5.41) is 3.84. The Hall–Kier alpha value is -4.12. The van der Waals surface area contributed by atoms with Crippen molar-refractivity contribution in [3.63, 3.8) is 0 Å². The smallest absolute Gasteiger partial charge is 0.243 e. The van der Waals surface area contributed by atoms with Gasteiger partial charge >= 0.3 is 0 Å². The number of nitrogens with zero attached hydrogens (tertiary/aromatic N) is 4. The molecule has 0 saturated carbocycles. The fraction of sp³-hybridized carbons (Fsp3) is 0.343. The molecule has 3 heterocycles. The Morgan fingerprint density at radius 2 is 1.51 bits per heavy atom. The van der Waals surface area contributed by atoms with Crippen LogP contribution >= 0.6 is 0 Å². The summed E-state index contributed by atoms with van der Waals surface area (Å²) in [6.45, 7) is 2.87. The van der Waals surface area contributed by atoms with E-state index in [1.807, 2.05) is 66.7 Å². The second kappa shape index (κ2) is 13.9. The maximum Gasteiger partial charge on any atom is 0.243 e. The lowest BCUT2D eigenvalue weighted by Crippen LogP contribution is -2.61. The van der Waals surface area contributed by atoms with Crippen molar-refractivity contribution in [2.24, 2.45) is 0 Å². The van der Waals surface area contributed by atoms with Crippen molar-refractivity contribution < 1.29 is 18.0 Å². The molecule has 10 heteroatoms. The summed E-state index contributed by atoms with van der Waals surface area (Å²) in [5.74, 6) is -0.512. The van der Waals surface area contributed by atoms with Gasteiger partial charge in [0.15, 0.2) is 0 Å². The van der Waals surface area contributed by atoms with E-state index in [-0.39, 0.29) is 30.4 Å². The lowest BCUT2D eigenvalue weighted by molar-refractivity contribution is -0.136. The number of rotatable bonds is 9. The van der Waals surface area contributed by atoms with Crippen LogP contribution in [0, 0.1) is 0 Å². The minimum Gasteiger partial charge on any atom is -0.344 e. The molecule has 2 aliphatic heterocycles. The van der Waals surface area contributed by atoms with Crippen LogP contribution in [0.15, 0.2) is 102 Å². The number of likely N-dealkylation sites (tertiary alicyclic amines) is 1. The Morgan fingerprint density at radius 3 is 2.20 bits per heavy atom. The van der Waals surface area contributed by atoms with Crippen molar-refractivity contribution in [3.05, 3.63) is 108 Å². The molecule has 6 rings (SSSR count). The predicted molar refractivity (Wildman–Crippen MR) is 174 cm³/mol. The average molecular weight is 626 g/mol. The van der Waals surface area contributed by atoms with Crippen molar-refractivity contribution in [1.82, 2.24) is 24.4 Å². The Balaban J connectivity index is 1.29. The van der Waals surface area contributed by atoms with Crippen molar-refractivity contribution >= 4 is 32.7 Å². The number of hydrogen-bond acceptors (Lipinski definition) is 6. The van der Waals surface area contributed by atoms with Gasteiger partial charge in [0.05, 0.1) is 16.5 Å². The van der Waals surface area contributed by atoms with Crippen LogP contribution in [0.3, 0.4) is 0 Å². The highest BCUT2D eigenvalue weighted by Crippen LogP contribution is 2.27. The molecule has 9 nitrogen and oxygen atoms in total. The van der Waals surface area contributed by atoms with E-state index >= 15 is 0 Å². The number of pyridine rings is 1. The van der Waals surface area contributed by atoms with Gasteiger partial charge in [-0.1, -0.05) is 73.2 Å². The summed E-state index contributed by atoms with van der Waals surface area (Å²) in [6.07, 6.45) is 5.51. The van der Waals surface area contributed by atoms with Crippen LogP contribution in [0.4, 0.5) is 0 Å². The summed E-state index contributed by atoms with van der Waals surface area (Å²) in [7, 11) is -4.09. The SMILES string of the molecule is O=C(NC(c1ccccc1)c1ccccc1)C1CN(C(=O)CCN2CCCCC2)CCN1S(=O)(=O)c1ccc2ncccc2c1. The van der Waals surface area contributed by atoms with Crippen LogP contribution in [-0.2, 0) is 19.6 Å². The first-order valence-corrected chi connectivity index (χ1v) is 17.1. The molecule has 1 N–H and O–H groups in total. The number of piperazine rings is 1. The molecule has 0 aliphatic carbocycles. The zero-order chi connectivity index (χ0) is 31.2. The van der Waals surface area contributed by atoms with Gasteiger partial charge in [-0.2, -0.15) is 4.31 Å². The summed E-state index contributed by atoms with van der Waals surface area (Å²) >= 11 is 0. The third-order valence-corrected chi connectivity index (χ3v) is 10.7. The first-order valence-electron chi connectivity index (χ1n) is 15.7. The molecule has 2 saturated heterocycles. The lowest BCUT2D eigenvalue weighted by atomic mass is 9.98. The van der Waals surface area contributed by atoms with E-state index in [2.05, 4.69) is 15.2 Å². The molecule has 2 aliphatic rings. The highest BCUT2D eigenvalue weighted by atomic mass is 32.2. The van der Waals surface area contributed by atoms with Crippen molar-refractivity contribution in [2.75, 3.05) is 39.3 Å². The number of benzene rings is 3. The molecule has 0 radical (unpaired) electrons. The number of carbonyl (C=O) groups is 2. The second-order valence-electron chi connectivity index (χ2n) is 11.7. The topological polar surface area (TPSA) is 103 Å². The zero-order valence-electron chi connectivity index (χ0n) is 25.3. The van der Waals surface area contributed by atoms with E-state index in [0.29, 0.717) is 23.9 Å². The Morgan fingerprint density at radius 1 is 0.822 bits per heavy atom. The van der Waals surface area contributed by atoms with Gasteiger partial charge in [0.25, 0.3) is 0 Å². The fourth-order valence-corrected chi connectivity index (χ4v) is 7.93. The molecular weight excluding hydrogens is 586 g/mol. The van der Waals surface area contributed by atoms with Crippen LogP contribution in [0.25, 0.3) is 10.9 Å². The Labute approximate surface area is 264 Å². The quantitative estimate of drug-likeness (QED) is 0.299. The fourth-order valence-electron chi connectivity index (χ4n) is 6.33. The van der Waals surface area contributed by atoms with E-state index in [4.69, 9.17) is 0 Å². The summed E-state index contributed by atoms with van der Waals surface area (Å²) in [5.41, 5.74) is 2.43. The van der Waals surface area contributed by atoms with Crippen LogP contribution in [0.5, 0.6) is 0 Å². The van der Waals surface area contributed by atoms with E-state index in [9.17, 15) is 18.0 Å². The molecule has 0 spiro atoms. The molecule has 234 valence electrons. The molecule has 1 aromatic heterocycles. The number of hydrogen-bond donors (Lipinski definition) is 1. The Kier molecular flexibility index (Phi) is 9.53. The lowest BCUT2D eigenvalue weighted by Gasteiger charge is -2.40. The maximum atomic E-state index is 14.3. The molecule has 1 unspecified atom stereocenters. The molecule has 0 bridgehead atoms. The number of piperidine rings is 1. The first-order chi connectivity index (χ1) is 21.9. The third kappa shape index (κ3) is 7.08. The zero-order valence-corrected chi connectivity index (χ0v) is 26.1. The van der Waals surface area contributed by atoms with E-state index in [1.165, 1.54) is 16.8 Å². The van der Waals surface area contributed by atoms with Crippen molar-refractivity contribution in [3.8, 4) is 0 Å². The molecule has 2 amide bonds. The minimum absolute atomic E-state index is 0.0162. The molecule has 45 heavy (non-hydrogen) atoms. The Bertz CT molecular complexity index is 1690. The van der Waals surface area contributed by atoms with Gasteiger partial charge in [0.2, 0.25) is 21.8 Å². The van der Waals surface area contributed by atoms with Gasteiger partial charge in [-0.05, 0) is 61.3 Å². The standard InChI is InChI=1S/C35H39N5O4S/c41-33(18-22-38-20-8-3-9-21-38)39-23-24-40(45(43,44)30-16-17-31-29(25-30)15-10-19-36-31)32(26-39)35(42)37-34(27-11-4-1-5-12-27)28-13-6-2-7-14-28/h1-2,4-7,10-17,19,25,32,34H,3,8-9,18,20-24,26H2,(H,37,42). The van der Waals surface area contributed by atoms with Crippen LogP contribution in [0.2, 0.25) is 0 Å². The van der Waals surface area contributed by atoms with E-state index in [1.54, 1.807) is 29.3 Å². The van der Waals surface area contributed by atoms with E-state index in [0.717, 1.165) is 37.1 Å². The number of sulfonamides is 1. The van der Waals surface area contributed by atoms with Crippen LogP contribution < -0.4 is 5.32 Å². The van der Waals surface area contributed by atoms with Gasteiger partial charge in [-0.15, -0.1) is 0 Å². The number of nitrogens with one attached hydrogen (secondary N) is 1. The average Bonchev–Trinajstić information content (AvgIpc) is 3.10. The van der Waals surface area contributed by atoms with Crippen molar-refractivity contribution in [2.45, 2.75) is 42.7 Å². The number of fused-ring (bicyclic) bond motifs is 1. The summed E-state index contributed by atoms with van der Waals surface area (Å²) in [6, 6.07) is 26.0. The third-order valence-electron chi connectivity index (χ3n) is 8.81. The van der Waals surface area contributed by atoms with E-state index < -0.39 is 28.0 Å². The molecule has 2 fully saturated rings. The van der Waals surface area contributed by atoms with Gasteiger partial charge in [0, 0.05) is 44.2 Å². The number of aromatic nitrogens is 1. The predicted octanol–water partition coefficient (Wildman–Crippen LogP) is 4.22. The molecule has 1 atom stereocenters.